The summed E-state index contributed by atoms with van der Waals surface area (Å²) >= 11 is 6.90. The number of thiocarbonyl (C=S) groups is 1. The Bertz CT molecular complexity index is 563. The van der Waals surface area contributed by atoms with Crippen molar-refractivity contribution in [2.24, 2.45) is 0 Å². The molecule has 1 aliphatic rings. The summed E-state index contributed by atoms with van der Waals surface area (Å²) in [5.41, 5.74) is 4.69. The van der Waals surface area contributed by atoms with Crippen LogP contribution in [0.3, 0.4) is 0 Å². The van der Waals surface area contributed by atoms with Gasteiger partial charge in [-0.1, -0.05) is 54.7 Å². The fourth-order valence-corrected chi connectivity index (χ4v) is 2.83. The summed E-state index contributed by atoms with van der Waals surface area (Å²) in [4.78, 5) is 0. The molecular formula is C13H9NS2. The molecule has 0 aliphatic carbocycles. The van der Waals surface area contributed by atoms with Crippen LogP contribution in [0.4, 0.5) is 5.69 Å². The highest BCUT2D eigenvalue weighted by atomic mass is 32.2. The van der Waals surface area contributed by atoms with E-state index in [-0.39, 0.29) is 0 Å². The lowest BCUT2D eigenvalue weighted by Crippen LogP contribution is -1.93. The Morgan fingerprint density at radius 2 is 1.44 bits per heavy atom. The van der Waals surface area contributed by atoms with Crippen LogP contribution in [-0.2, 0) is 0 Å². The van der Waals surface area contributed by atoms with Crippen molar-refractivity contribution < 1.29 is 0 Å². The van der Waals surface area contributed by atoms with Gasteiger partial charge < -0.3 is 4.72 Å². The smallest absolute Gasteiger partial charge is 0.0993 e. The lowest BCUT2D eigenvalue weighted by molar-refractivity contribution is 1.60. The van der Waals surface area contributed by atoms with Crippen LogP contribution in [0.2, 0.25) is 0 Å². The second kappa shape index (κ2) is 3.92. The van der Waals surface area contributed by atoms with Crippen molar-refractivity contribution in [1.29, 1.82) is 0 Å². The molecule has 78 valence electrons. The molecule has 2 aromatic carbocycles. The molecule has 0 spiro atoms. The van der Waals surface area contributed by atoms with Gasteiger partial charge in [-0.05, 0) is 23.6 Å². The van der Waals surface area contributed by atoms with E-state index in [1.807, 2.05) is 18.2 Å². The van der Waals surface area contributed by atoms with Crippen molar-refractivity contribution >= 4 is 34.0 Å². The minimum absolute atomic E-state index is 0.895. The van der Waals surface area contributed by atoms with Crippen LogP contribution in [0.5, 0.6) is 0 Å². The zero-order chi connectivity index (χ0) is 11.0. The lowest BCUT2D eigenvalue weighted by atomic mass is 9.99. The maximum absolute atomic E-state index is 5.39. The summed E-state index contributed by atoms with van der Waals surface area (Å²) in [5, 5.41) is 0. The van der Waals surface area contributed by atoms with Gasteiger partial charge in [-0.2, -0.15) is 0 Å². The molecular weight excluding hydrogens is 234 g/mol. The monoisotopic (exact) mass is 243 g/mol. The number of anilines is 1. The fraction of sp³-hybridized carbons (Fsp3) is 0. The molecule has 0 saturated heterocycles. The summed E-state index contributed by atoms with van der Waals surface area (Å²) in [5.74, 6) is 0. The average molecular weight is 243 g/mol. The van der Waals surface area contributed by atoms with Crippen LogP contribution >= 0.6 is 24.2 Å². The zero-order valence-corrected chi connectivity index (χ0v) is 10.1. The maximum atomic E-state index is 5.39. The highest BCUT2D eigenvalue weighted by Crippen LogP contribution is 2.37. The average Bonchev–Trinajstić information content (AvgIpc) is 2.49. The Hall–Kier alpha value is -1.32. The topological polar surface area (TPSA) is 12.0 Å². The van der Waals surface area contributed by atoms with E-state index in [0.717, 1.165) is 15.4 Å². The van der Waals surface area contributed by atoms with E-state index >= 15 is 0 Å². The Balaban J connectivity index is 2.32. The van der Waals surface area contributed by atoms with E-state index in [4.69, 9.17) is 12.2 Å². The maximum Gasteiger partial charge on any atom is 0.0993 e. The van der Waals surface area contributed by atoms with Crippen LogP contribution < -0.4 is 4.72 Å². The first kappa shape index (κ1) is 9.87. The molecule has 1 nitrogen and oxygen atoms in total. The quantitative estimate of drug-likeness (QED) is 0.552. The molecule has 1 aliphatic heterocycles. The molecule has 0 radical (unpaired) electrons. The molecule has 0 saturated carbocycles. The van der Waals surface area contributed by atoms with Crippen molar-refractivity contribution in [3.8, 4) is 11.1 Å². The van der Waals surface area contributed by atoms with Crippen molar-refractivity contribution in [1.82, 2.24) is 0 Å². The highest BCUT2D eigenvalue weighted by Gasteiger charge is 2.16. The Morgan fingerprint density at radius 1 is 0.812 bits per heavy atom. The summed E-state index contributed by atoms with van der Waals surface area (Å²) in [6.07, 6.45) is 0. The zero-order valence-electron chi connectivity index (χ0n) is 8.44. The molecule has 1 N–H and O–H groups in total. The summed E-state index contributed by atoms with van der Waals surface area (Å²) in [6.45, 7) is 0. The van der Waals surface area contributed by atoms with Crippen molar-refractivity contribution in [3.05, 3.63) is 54.1 Å². The number of hydrogen-bond acceptors (Lipinski definition) is 3. The van der Waals surface area contributed by atoms with E-state index < -0.39 is 0 Å². The van der Waals surface area contributed by atoms with Gasteiger partial charge in [0.2, 0.25) is 0 Å². The van der Waals surface area contributed by atoms with Crippen LogP contribution in [0.25, 0.3) is 11.1 Å². The molecule has 1 heterocycles. The molecule has 0 fully saturated rings. The molecule has 0 aromatic heterocycles. The number of benzene rings is 2. The SMILES string of the molecule is S=C1SNc2ccccc2-c2ccccc21. The van der Waals surface area contributed by atoms with Gasteiger partial charge in [0.15, 0.2) is 0 Å². The first-order valence-electron chi connectivity index (χ1n) is 5.02. The standard InChI is InChI=1S/C13H9NS2/c15-13-11-7-2-1-5-9(11)10-6-3-4-8-12(10)14-16-13/h1-8,14H. The minimum atomic E-state index is 0.895. The van der Waals surface area contributed by atoms with E-state index in [0.29, 0.717) is 0 Å². The highest BCUT2D eigenvalue weighted by molar-refractivity contribution is 8.24. The van der Waals surface area contributed by atoms with E-state index in [1.54, 1.807) is 0 Å². The van der Waals surface area contributed by atoms with Crippen LogP contribution in [-0.4, -0.2) is 4.20 Å². The molecule has 0 bridgehead atoms. The third-order valence-corrected chi connectivity index (χ3v) is 3.82. The van der Waals surface area contributed by atoms with E-state index in [1.165, 1.54) is 23.1 Å². The number of rotatable bonds is 0. The summed E-state index contributed by atoms with van der Waals surface area (Å²) in [6, 6.07) is 16.6. The molecule has 3 heteroatoms. The Morgan fingerprint density at radius 3 is 2.25 bits per heavy atom. The summed E-state index contributed by atoms with van der Waals surface area (Å²) in [7, 11) is 0. The van der Waals surface area contributed by atoms with Crippen molar-refractivity contribution in [2.45, 2.75) is 0 Å². The molecule has 0 atom stereocenters. The first-order valence-corrected chi connectivity index (χ1v) is 6.24. The minimum Gasteiger partial charge on any atom is -0.324 e. The molecule has 0 amide bonds. The van der Waals surface area contributed by atoms with Crippen LogP contribution in [0, 0.1) is 0 Å². The van der Waals surface area contributed by atoms with E-state index in [2.05, 4.69) is 35.1 Å². The second-order valence-electron chi connectivity index (χ2n) is 3.58. The van der Waals surface area contributed by atoms with E-state index in [9.17, 15) is 0 Å². The van der Waals surface area contributed by atoms with Crippen molar-refractivity contribution in [2.75, 3.05) is 4.72 Å². The third kappa shape index (κ3) is 1.52. The van der Waals surface area contributed by atoms with Gasteiger partial charge in [0.25, 0.3) is 0 Å². The molecule has 16 heavy (non-hydrogen) atoms. The molecule has 0 unspecified atom stereocenters. The fourth-order valence-electron chi connectivity index (χ4n) is 1.86. The summed E-state index contributed by atoms with van der Waals surface area (Å²) < 4.78 is 4.19. The lowest BCUT2D eigenvalue weighted by Gasteiger charge is -2.07. The third-order valence-electron chi connectivity index (χ3n) is 2.62. The number of fused-ring (bicyclic) bond motifs is 3. The Kier molecular flexibility index (Phi) is 2.42. The molecule has 2 aromatic rings. The number of nitrogens with one attached hydrogen (secondary N) is 1. The normalized spacial score (nSPS) is 13.4. The Labute approximate surface area is 104 Å². The van der Waals surface area contributed by atoms with Gasteiger partial charge in [0.1, 0.15) is 0 Å². The number of hydrogen-bond donors (Lipinski definition) is 1. The van der Waals surface area contributed by atoms with Crippen LogP contribution in [0.1, 0.15) is 5.56 Å². The van der Waals surface area contributed by atoms with Gasteiger partial charge in [-0.3, -0.25) is 0 Å². The van der Waals surface area contributed by atoms with Crippen LogP contribution in [0.15, 0.2) is 48.5 Å². The predicted octanol–water partition coefficient (Wildman–Crippen LogP) is 4.10. The van der Waals surface area contributed by atoms with Gasteiger partial charge in [-0.15, -0.1) is 0 Å². The predicted molar refractivity (Wildman–Crippen MR) is 74.8 cm³/mol. The van der Waals surface area contributed by atoms with Gasteiger partial charge in [-0.25, -0.2) is 0 Å². The second-order valence-corrected chi connectivity index (χ2v) is 5.07. The van der Waals surface area contributed by atoms with Gasteiger partial charge in [0, 0.05) is 11.1 Å². The molecule has 3 rings (SSSR count). The largest absolute Gasteiger partial charge is 0.324 e. The van der Waals surface area contributed by atoms with Crippen molar-refractivity contribution in [3.63, 3.8) is 0 Å². The van der Waals surface area contributed by atoms with Gasteiger partial charge >= 0.3 is 0 Å². The first-order chi connectivity index (χ1) is 7.86. The van der Waals surface area contributed by atoms with Gasteiger partial charge in [0.05, 0.1) is 9.88 Å². The number of para-hydroxylation sites is 1.